The molecule has 10 rings (SSSR count). The maximum atomic E-state index is 11.1. The van der Waals surface area contributed by atoms with E-state index < -0.39 is 0 Å². The summed E-state index contributed by atoms with van der Waals surface area (Å²) in [4.78, 5) is 62.0. The fourth-order valence-corrected chi connectivity index (χ4v) is 10.2. The third kappa shape index (κ3) is 14.0. The first kappa shape index (κ1) is 45.5. The van der Waals surface area contributed by atoms with Crippen molar-refractivity contribution >= 4 is 28.9 Å². The predicted octanol–water partition coefficient (Wildman–Crippen LogP) is 0.796. The van der Waals surface area contributed by atoms with Crippen LogP contribution in [0.1, 0.15) is 64.2 Å². The second-order valence-corrected chi connectivity index (χ2v) is 18.4. The number of carbonyl (C=O) groups is 5. The Kier molecular flexibility index (Phi) is 17.8. The summed E-state index contributed by atoms with van der Waals surface area (Å²) < 4.78 is 27.2. The van der Waals surface area contributed by atoms with Crippen LogP contribution in [-0.2, 0) is 47.7 Å². The van der Waals surface area contributed by atoms with Gasteiger partial charge in [-0.2, -0.15) is 0 Å². The molecule has 0 bridgehead atoms. The van der Waals surface area contributed by atoms with Crippen molar-refractivity contribution in [3.63, 3.8) is 0 Å². The summed E-state index contributed by atoms with van der Waals surface area (Å²) in [5, 5.41) is 6.54. The van der Waals surface area contributed by atoms with Gasteiger partial charge in [0.2, 0.25) is 0 Å². The van der Waals surface area contributed by atoms with Crippen molar-refractivity contribution in [1.29, 1.82) is 0 Å². The predicted molar refractivity (Wildman–Crippen MR) is 216 cm³/mol. The standard InChI is InChI=1S/3C9H15NO2.2C8H13NO2/c3*1-10-3-2-9-7(5-10)4-8(11)6-12-9;2*10-7-3-6-4-9-2-1-8(6)11-5-7/h3*7,9H,2-6H2,1H3;2*6,8-9H,1-5H2/t3*7-,9-;2*6-,8-/m11010/s1. The lowest BCUT2D eigenvalue weighted by atomic mass is 9.88. The van der Waals surface area contributed by atoms with E-state index in [2.05, 4.69) is 46.5 Å². The number of piperidine rings is 5. The molecule has 0 aromatic heterocycles. The Morgan fingerprint density at radius 3 is 0.948 bits per heavy atom. The molecule has 2 N–H and O–H groups in total. The highest BCUT2D eigenvalue weighted by atomic mass is 16.5. The molecule has 15 nitrogen and oxygen atoms in total. The normalized spacial score (nSPS) is 38.1. The van der Waals surface area contributed by atoms with Crippen molar-refractivity contribution in [2.75, 3.05) is 120 Å². The fourth-order valence-electron chi connectivity index (χ4n) is 10.2. The van der Waals surface area contributed by atoms with Crippen molar-refractivity contribution < 1.29 is 47.7 Å². The van der Waals surface area contributed by atoms with Gasteiger partial charge < -0.3 is 49.0 Å². The molecule has 10 aliphatic heterocycles. The van der Waals surface area contributed by atoms with Crippen LogP contribution in [0.15, 0.2) is 0 Å². The SMILES string of the molecule is CN1CC[C@@H]2OCC(=O)C[C@H]2C1.CN1CC[C@H]2OCC(=O)C[C@@H]2C1.CN1CC[C@H]2OCC(=O)C[C@@H]2C1.O=C1CO[C@@H]2CCNC[C@H]2C1.O=C1CO[C@H]2CCNC[C@@H]2C1. The molecule has 0 aliphatic carbocycles. The molecule has 328 valence electrons. The van der Waals surface area contributed by atoms with Gasteiger partial charge in [-0.3, -0.25) is 24.0 Å². The molecule has 10 atom stereocenters. The summed E-state index contributed by atoms with van der Waals surface area (Å²) in [5.41, 5.74) is 0. The van der Waals surface area contributed by atoms with Crippen molar-refractivity contribution in [3.05, 3.63) is 0 Å². The number of rotatable bonds is 0. The summed E-state index contributed by atoms with van der Waals surface area (Å²) >= 11 is 0. The van der Waals surface area contributed by atoms with Gasteiger partial charge in [0, 0.05) is 114 Å². The zero-order valence-electron chi connectivity index (χ0n) is 35.4. The number of carbonyl (C=O) groups excluding carboxylic acids is 5. The summed E-state index contributed by atoms with van der Waals surface area (Å²) in [6.45, 7) is 12.1. The summed E-state index contributed by atoms with van der Waals surface area (Å²) in [7, 11) is 6.32. The van der Waals surface area contributed by atoms with Gasteiger partial charge in [0.05, 0.1) is 30.5 Å². The highest BCUT2D eigenvalue weighted by Gasteiger charge is 2.37. The Hall–Kier alpha value is -2.05. The van der Waals surface area contributed by atoms with Crippen molar-refractivity contribution in [1.82, 2.24) is 25.3 Å². The van der Waals surface area contributed by atoms with Crippen LogP contribution in [0.2, 0.25) is 0 Å². The van der Waals surface area contributed by atoms with E-state index in [4.69, 9.17) is 23.7 Å². The highest BCUT2D eigenvalue weighted by Crippen LogP contribution is 2.29. The lowest BCUT2D eigenvalue weighted by molar-refractivity contribution is -0.140. The van der Waals surface area contributed by atoms with E-state index in [9.17, 15) is 24.0 Å². The molecule has 0 spiro atoms. The largest absolute Gasteiger partial charge is 0.370 e. The first-order valence-electron chi connectivity index (χ1n) is 22.1. The van der Waals surface area contributed by atoms with E-state index in [0.29, 0.717) is 93.1 Å². The number of Topliss-reactive ketones (excluding diaryl/α,β-unsaturated/α-hetero) is 5. The van der Waals surface area contributed by atoms with E-state index in [-0.39, 0.29) is 28.9 Å². The van der Waals surface area contributed by atoms with Gasteiger partial charge in [0.25, 0.3) is 0 Å². The maximum absolute atomic E-state index is 11.1. The van der Waals surface area contributed by atoms with Crippen molar-refractivity contribution in [2.24, 2.45) is 29.6 Å². The third-order valence-corrected chi connectivity index (χ3v) is 13.4. The minimum Gasteiger partial charge on any atom is -0.370 e. The molecule has 0 radical (unpaired) electrons. The fraction of sp³-hybridized carbons (Fsp3) is 0.884. The van der Waals surface area contributed by atoms with Gasteiger partial charge in [-0.15, -0.1) is 0 Å². The van der Waals surface area contributed by atoms with Gasteiger partial charge in [0.1, 0.15) is 33.0 Å². The van der Waals surface area contributed by atoms with Gasteiger partial charge in [-0.25, -0.2) is 0 Å². The number of nitrogens with one attached hydrogen (secondary N) is 2. The minimum atomic E-state index is 0.259. The van der Waals surface area contributed by atoms with Crippen LogP contribution in [0, 0.1) is 29.6 Å². The maximum Gasteiger partial charge on any atom is 0.158 e. The van der Waals surface area contributed by atoms with Gasteiger partial charge in [0.15, 0.2) is 28.9 Å². The van der Waals surface area contributed by atoms with E-state index in [0.717, 1.165) is 130 Å². The minimum absolute atomic E-state index is 0.259. The highest BCUT2D eigenvalue weighted by molar-refractivity contribution is 5.82. The number of ketones is 5. The molecule has 0 amide bonds. The Morgan fingerprint density at radius 1 is 0.397 bits per heavy atom. The quantitative estimate of drug-likeness (QED) is 0.353. The first-order valence-corrected chi connectivity index (χ1v) is 22.1. The van der Waals surface area contributed by atoms with Gasteiger partial charge in [-0.05, 0) is 66.3 Å². The number of hydrogen-bond donors (Lipinski definition) is 2. The molecular weight excluding hydrogens is 746 g/mol. The third-order valence-electron chi connectivity index (χ3n) is 13.4. The van der Waals surface area contributed by atoms with E-state index in [1.807, 2.05) is 0 Å². The molecule has 10 saturated heterocycles. The zero-order valence-corrected chi connectivity index (χ0v) is 35.4. The Morgan fingerprint density at radius 2 is 0.655 bits per heavy atom. The van der Waals surface area contributed by atoms with Crippen LogP contribution in [-0.4, -0.2) is 194 Å². The van der Waals surface area contributed by atoms with Crippen LogP contribution in [0.4, 0.5) is 0 Å². The van der Waals surface area contributed by atoms with Crippen LogP contribution < -0.4 is 10.6 Å². The van der Waals surface area contributed by atoms with Gasteiger partial charge in [-0.1, -0.05) is 0 Å². The van der Waals surface area contributed by atoms with Crippen LogP contribution in [0.3, 0.4) is 0 Å². The topological polar surface area (TPSA) is 165 Å². The smallest absolute Gasteiger partial charge is 0.158 e. The first-order chi connectivity index (χ1) is 28.0. The number of nitrogens with zero attached hydrogens (tertiary/aromatic N) is 3. The Bertz CT molecular complexity index is 1250. The summed E-state index contributed by atoms with van der Waals surface area (Å²) in [6, 6.07) is 0. The summed E-state index contributed by atoms with van der Waals surface area (Å²) in [6.07, 6.45) is 10.8. The molecule has 58 heavy (non-hydrogen) atoms. The molecule has 10 fully saturated rings. The van der Waals surface area contributed by atoms with Crippen molar-refractivity contribution in [2.45, 2.75) is 94.7 Å². The molecule has 15 heteroatoms. The molecule has 0 unspecified atom stereocenters. The Labute approximate surface area is 345 Å². The molecule has 10 aliphatic rings. The average Bonchev–Trinajstić information content (AvgIpc) is 3.21. The number of likely N-dealkylation sites (tertiary alicyclic amines) is 3. The monoisotopic (exact) mass is 818 g/mol. The van der Waals surface area contributed by atoms with Crippen LogP contribution in [0.5, 0.6) is 0 Å². The lowest BCUT2D eigenvalue weighted by Crippen LogP contribution is -2.46. The van der Waals surface area contributed by atoms with Crippen LogP contribution in [0.25, 0.3) is 0 Å². The molecule has 0 aromatic rings. The van der Waals surface area contributed by atoms with Gasteiger partial charge >= 0.3 is 0 Å². The van der Waals surface area contributed by atoms with E-state index in [1.54, 1.807) is 0 Å². The lowest BCUT2D eigenvalue weighted by Gasteiger charge is -2.38. The number of ether oxygens (including phenoxy) is 5. The zero-order chi connectivity index (χ0) is 41.0. The molecular formula is C43H71N5O10. The molecule has 0 aromatic carbocycles. The van der Waals surface area contributed by atoms with Crippen molar-refractivity contribution in [3.8, 4) is 0 Å². The second-order valence-electron chi connectivity index (χ2n) is 18.4. The average molecular weight is 818 g/mol. The molecule has 0 saturated carbocycles. The molecule has 10 heterocycles. The summed E-state index contributed by atoms with van der Waals surface area (Å²) in [5.74, 6) is 3.62. The Balaban J connectivity index is 0.000000122. The van der Waals surface area contributed by atoms with E-state index in [1.165, 1.54) is 0 Å². The second kappa shape index (κ2) is 22.7. The number of hydrogen-bond acceptors (Lipinski definition) is 15. The van der Waals surface area contributed by atoms with E-state index >= 15 is 0 Å². The van der Waals surface area contributed by atoms with Crippen LogP contribution >= 0.6 is 0 Å². The number of fused-ring (bicyclic) bond motifs is 5.